The van der Waals surface area contributed by atoms with Gasteiger partial charge in [0.2, 0.25) is 0 Å². The van der Waals surface area contributed by atoms with E-state index in [9.17, 15) is 9.59 Å². The Morgan fingerprint density at radius 3 is 2.92 bits per heavy atom. The fraction of sp³-hybridized carbons (Fsp3) is 0.667. The van der Waals surface area contributed by atoms with Crippen molar-refractivity contribution >= 4 is 12.3 Å². The maximum absolute atomic E-state index is 10.5. The lowest BCUT2D eigenvalue weighted by Gasteiger charge is -2.06. The first-order valence-electron chi connectivity index (χ1n) is 3.39. The van der Waals surface area contributed by atoms with Gasteiger partial charge in [0.25, 0.3) is 0 Å². The highest BCUT2D eigenvalue weighted by molar-refractivity contribution is 5.70. The number of esters is 1. The number of azide groups is 1. The zero-order chi connectivity index (χ0) is 10.1. The maximum Gasteiger partial charge on any atom is 0.331 e. The van der Waals surface area contributed by atoms with Crippen LogP contribution in [-0.2, 0) is 19.1 Å². The van der Waals surface area contributed by atoms with E-state index >= 15 is 0 Å². The summed E-state index contributed by atoms with van der Waals surface area (Å²) in [6.07, 6.45) is -0.438. The van der Waals surface area contributed by atoms with Crippen molar-refractivity contribution in [1.82, 2.24) is 0 Å². The molecular weight excluding hydrogens is 178 g/mol. The molecule has 7 heteroatoms. The van der Waals surface area contributed by atoms with Gasteiger partial charge in [0, 0.05) is 4.91 Å². The van der Waals surface area contributed by atoms with E-state index in [0.29, 0.717) is 6.29 Å². The zero-order valence-corrected chi connectivity index (χ0v) is 7.04. The molecule has 0 aromatic carbocycles. The van der Waals surface area contributed by atoms with E-state index in [-0.39, 0.29) is 13.2 Å². The van der Waals surface area contributed by atoms with Gasteiger partial charge in [-0.05, 0) is 5.53 Å². The second-order valence-electron chi connectivity index (χ2n) is 1.98. The highest BCUT2D eigenvalue weighted by atomic mass is 16.6. The molecule has 0 spiro atoms. The Morgan fingerprint density at radius 2 is 2.46 bits per heavy atom. The fourth-order valence-corrected chi connectivity index (χ4v) is 0.486. The molecule has 7 nitrogen and oxygen atoms in total. The van der Waals surface area contributed by atoms with Gasteiger partial charge in [-0.3, -0.25) is 0 Å². The molecule has 0 N–H and O–H groups in total. The minimum atomic E-state index is -0.894. The molecule has 0 aromatic rings. The van der Waals surface area contributed by atoms with E-state index in [2.05, 4.69) is 14.8 Å². The van der Waals surface area contributed by atoms with Gasteiger partial charge >= 0.3 is 5.97 Å². The van der Waals surface area contributed by atoms with E-state index in [1.807, 2.05) is 0 Å². The van der Waals surface area contributed by atoms with E-state index in [1.54, 1.807) is 0 Å². The van der Waals surface area contributed by atoms with Crippen LogP contribution in [0, 0.1) is 0 Å². The van der Waals surface area contributed by atoms with Gasteiger partial charge in [-0.25, -0.2) is 4.79 Å². The molecule has 0 fully saturated rings. The van der Waals surface area contributed by atoms with Gasteiger partial charge in [0.1, 0.15) is 19.0 Å². The van der Waals surface area contributed by atoms with Crippen LogP contribution in [0.15, 0.2) is 5.11 Å². The topological polar surface area (TPSA) is 101 Å². The van der Waals surface area contributed by atoms with Crippen molar-refractivity contribution in [2.45, 2.75) is 6.10 Å². The molecule has 0 radical (unpaired) electrons. The van der Waals surface area contributed by atoms with Crippen molar-refractivity contribution in [2.24, 2.45) is 5.11 Å². The molecule has 0 aromatic heterocycles. The van der Waals surface area contributed by atoms with Gasteiger partial charge in [-0.2, -0.15) is 0 Å². The number of hydrogen-bond acceptors (Lipinski definition) is 5. The van der Waals surface area contributed by atoms with Gasteiger partial charge in [-0.1, -0.05) is 5.11 Å². The molecule has 1 atom stereocenters. The van der Waals surface area contributed by atoms with Gasteiger partial charge in [0.05, 0.1) is 13.7 Å². The van der Waals surface area contributed by atoms with Crippen LogP contribution in [0.4, 0.5) is 0 Å². The Bertz CT molecular complexity index is 224. The molecule has 0 rings (SSSR count). The SMILES string of the molecule is COC(=O)COC(C=O)CN=[N+]=[N-]. The number of rotatable bonds is 6. The minimum absolute atomic E-state index is 0.128. The predicted octanol–water partition coefficient (Wildman–Crippen LogP) is 0.0538. The van der Waals surface area contributed by atoms with Crippen molar-refractivity contribution in [1.29, 1.82) is 0 Å². The number of carbonyl (C=O) groups excluding carboxylic acids is 2. The van der Waals surface area contributed by atoms with Crippen molar-refractivity contribution < 1.29 is 19.1 Å². The first-order valence-corrected chi connectivity index (χ1v) is 3.39. The highest BCUT2D eigenvalue weighted by Gasteiger charge is 2.08. The van der Waals surface area contributed by atoms with Crippen LogP contribution >= 0.6 is 0 Å². The van der Waals surface area contributed by atoms with Crippen molar-refractivity contribution in [3.63, 3.8) is 0 Å². The number of hydrogen-bond donors (Lipinski definition) is 0. The Hall–Kier alpha value is -1.59. The number of aldehydes is 1. The Morgan fingerprint density at radius 1 is 1.77 bits per heavy atom. The number of nitrogens with zero attached hydrogens (tertiary/aromatic N) is 3. The van der Waals surface area contributed by atoms with Crippen LogP contribution in [0.5, 0.6) is 0 Å². The number of carbonyl (C=O) groups is 2. The standard InChI is InChI=1S/C6H9N3O4/c1-12-6(11)4-13-5(3-10)2-8-9-7/h3,5H,2,4H2,1H3. The van der Waals surface area contributed by atoms with E-state index in [4.69, 9.17) is 10.3 Å². The van der Waals surface area contributed by atoms with E-state index in [1.165, 1.54) is 7.11 Å². The average molecular weight is 187 g/mol. The normalized spacial score (nSPS) is 11.2. The van der Waals surface area contributed by atoms with E-state index < -0.39 is 12.1 Å². The lowest BCUT2D eigenvalue weighted by Crippen LogP contribution is -2.22. The summed E-state index contributed by atoms with van der Waals surface area (Å²) in [5.74, 6) is -0.590. The number of methoxy groups -OCH3 is 1. The molecule has 0 amide bonds. The molecule has 0 aliphatic rings. The predicted molar refractivity (Wildman–Crippen MR) is 41.8 cm³/mol. The molecule has 0 aliphatic heterocycles. The third-order valence-electron chi connectivity index (χ3n) is 1.12. The lowest BCUT2D eigenvalue weighted by atomic mass is 10.4. The second-order valence-corrected chi connectivity index (χ2v) is 1.98. The molecule has 1 unspecified atom stereocenters. The molecule has 72 valence electrons. The summed E-state index contributed by atoms with van der Waals surface area (Å²) < 4.78 is 9.00. The second kappa shape index (κ2) is 7.08. The first-order chi connectivity index (χ1) is 6.24. The monoisotopic (exact) mass is 187 g/mol. The first kappa shape index (κ1) is 11.4. The molecule has 0 heterocycles. The van der Waals surface area contributed by atoms with Gasteiger partial charge in [0.15, 0.2) is 0 Å². The van der Waals surface area contributed by atoms with Crippen molar-refractivity contribution in [3.8, 4) is 0 Å². The summed E-state index contributed by atoms with van der Waals surface area (Å²) in [7, 11) is 1.20. The highest BCUT2D eigenvalue weighted by Crippen LogP contribution is 1.90. The quantitative estimate of drug-likeness (QED) is 0.193. The van der Waals surface area contributed by atoms with Crippen LogP contribution in [0.25, 0.3) is 10.4 Å². The summed E-state index contributed by atoms with van der Waals surface area (Å²) >= 11 is 0. The van der Waals surface area contributed by atoms with Crippen molar-refractivity contribution in [3.05, 3.63) is 10.4 Å². The summed E-state index contributed by atoms with van der Waals surface area (Å²) in [5.41, 5.74) is 7.93. The van der Waals surface area contributed by atoms with E-state index in [0.717, 1.165) is 0 Å². The average Bonchev–Trinajstić information content (AvgIpc) is 2.17. The third kappa shape index (κ3) is 5.66. The zero-order valence-electron chi connectivity index (χ0n) is 7.04. The van der Waals surface area contributed by atoms with Gasteiger partial charge < -0.3 is 14.3 Å². The van der Waals surface area contributed by atoms with Crippen LogP contribution in [-0.4, -0.2) is 38.6 Å². The van der Waals surface area contributed by atoms with Crippen LogP contribution < -0.4 is 0 Å². The summed E-state index contributed by atoms with van der Waals surface area (Å²) in [4.78, 5) is 23.2. The fourth-order valence-electron chi connectivity index (χ4n) is 0.486. The molecule has 13 heavy (non-hydrogen) atoms. The summed E-state index contributed by atoms with van der Waals surface area (Å²) in [6.45, 7) is -0.460. The number of ether oxygens (including phenoxy) is 2. The van der Waals surface area contributed by atoms with Crippen LogP contribution in [0.3, 0.4) is 0 Å². The smallest absolute Gasteiger partial charge is 0.331 e. The molecule has 0 bridgehead atoms. The molecular formula is C6H9N3O4. The Kier molecular flexibility index (Phi) is 6.21. The lowest BCUT2D eigenvalue weighted by molar-refractivity contribution is -0.148. The van der Waals surface area contributed by atoms with Gasteiger partial charge in [-0.15, -0.1) is 0 Å². The largest absolute Gasteiger partial charge is 0.467 e. The summed E-state index contributed by atoms with van der Waals surface area (Å²) in [6, 6.07) is 0. The Labute approximate surface area is 74.2 Å². The van der Waals surface area contributed by atoms with Crippen LogP contribution in [0.2, 0.25) is 0 Å². The third-order valence-corrected chi connectivity index (χ3v) is 1.12. The minimum Gasteiger partial charge on any atom is -0.467 e. The maximum atomic E-state index is 10.5. The van der Waals surface area contributed by atoms with Crippen LogP contribution in [0.1, 0.15) is 0 Å². The molecule has 0 saturated heterocycles. The molecule has 0 saturated carbocycles. The summed E-state index contributed by atoms with van der Waals surface area (Å²) in [5, 5.41) is 3.12. The van der Waals surface area contributed by atoms with Crippen molar-refractivity contribution in [2.75, 3.05) is 20.3 Å². The molecule has 0 aliphatic carbocycles. The Balaban J connectivity index is 3.77.